The average Bonchev–Trinajstić information content (AvgIpc) is 2.69. The third-order valence-electron chi connectivity index (χ3n) is 2.80. The molecule has 0 fully saturated rings. The Hall–Kier alpha value is -0.310. The molecule has 0 aromatic rings. The molecule has 2 amide bonds. The van der Waals surface area contributed by atoms with E-state index in [0.717, 1.165) is 0 Å². The molecule has 0 saturated carbocycles. The van der Waals surface area contributed by atoms with Crippen LogP contribution >= 0.6 is 27.8 Å². The van der Waals surface area contributed by atoms with Crippen LogP contribution in [0.15, 0.2) is 0 Å². The van der Waals surface area contributed by atoms with Crippen molar-refractivity contribution in [3.05, 3.63) is 0 Å². The van der Waals surface area contributed by atoms with E-state index in [1.807, 2.05) is 20.8 Å². The molecule has 0 spiro atoms. The summed E-state index contributed by atoms with van der Waals surface area (Å²) in [7, 11) is 2.26. The lowest BCUT2D eigenvalue weighted by molar-refractivity contribution is -0.126. The summed E-state index contributed by atoms with van der Waals surface area (Å²) in [5, 5.41) is 0. The molecule has 0 bridgehead atoms. The van der Waals surface area contributed by atoms with Gasteiger partial charge in [-0.25, -0.2) is 0 Å². The molecular weight excluding hydrogens is 470 g/mol. The summed E-state index contributed by atoms with van der Waals surface area (Å²) in [6, 6.07) is 0. The maximum atomic E-state index is 11.8. The zero-order valence-electron chi connectivity index (χ0n) is 20.4. The highest BCUT2D eigenvalue weighted by molar-refractivity contribution is 7.54. The van der Waals surface area contributed by atoms with Crippen LogP contribution in [0.3, 0.4) is 0 Å². The Morgan fingerprint density at radius 1 is 0.742 bits per heavy atom. The minimum Gasteiger partial charge on any atom is -0.348 e. The highest BCUT2D eigenvalue weighted by atomic mass is 35.5. The summed E-state index contributed by atoms with van der Waals surface area (Å²) in [6.45, 7) is 11.7. The van der Waals surface area contributed by atoms with Crippen molar-refractivity contribution < 1.29 is 36.8 Å². The fourth-order valence-corrected chi connectivity index (χ4v) is 4.13. The normalized spacial score (nSPS) is 10.5. The van der Waals surface area contributed by atoms with Gasteiger partial charge in [-0.1, -0.05) is 0 Å². The van der Waals surface area contributed by atoms with E-state index in [4.69, 9.17) is 34.2 Å². The van der Waals surface area contributed by atoms with Crippen molar-refractivity contribution in [3.8, 4) is 0 Å². The fourth-order valence-electron chi connectivity index (χ4n) is 1.38. The van der Waals surface area contributed by atoms with Crippen LogP contribution in [0, 0.1) is 0 Å². The molecule has 0 aliphatic heterocycles. The van der Waals surface area contributed by atoms with Crippen LogP contribution in [0.1, 0.15) is 34.6 Å². The molecule has 0 aliphatic rings. The Kier molecular flexibility index (Phi) is 26.0. The van der Waals surface area contributed by atoms with Crippen LogP contribution in [0.5, 0.6) is 0 Å². The number of hydrogen-bond donors (Lipinski definition) is 0. The molecule has 0 unspecified atom stereocenters. The van der Waals surface area contributed by atoms with E-state index in [-0.39, 0.29) is 37.1 Å². The topological polar surface area (TPSA) is 104 Å². The molecule has 0 aliphatic carbocycles. The first-order valence-corrected chi connectivity index (χ1v) is 13.4. The Bertz CT molecular complexity index is 475. The van der Waals surface area contributed by atoms with Crippen molar-refractivity contribution in [1.82, 2.24) is 9.80 Å². The van der Waals surface area contributed by atoms with E-state index in [9.17, 15) is 14.2 Å². The van der Waals surface area contributed by atoms with Crippen molar-refractivity contribution in [3.63, 3.8) is 0 Å². The van der Waals surface area contributed by atoms with Gasteiger partial charge in [-0.3, -0.25) is 14.2 Å². The molecule has 10 nitrogen and oxygen atoms in total. The molecule has 188 valence electrons. The Labute approximate surface area is 194 Å². The van der Waals surface area contributed by atoms with Gasteiger partial charge in [0.25, 0.3) is 0 Å². The SMILES string of the molecule is CCOP(=O)(CC(=O)N(C)C)OCC.CCOP(OCC)OCC.CN(C)C(=O)CCl. The van der Waals surface area contributed by atoms with Gasteiger partial charge in [-0.05, 0) is 34.6 Å². The van der Waals surface area contributed by atoms with Gasteiger partial charge in [0.2, 0.25) is 11.8 Å². The van der Waals surface area contributed by atoms with Gasteiger partial charge in [-0.15, -0.1) is 11.6 Å². The second kappa shape index (κ2) is 22.9. The van der Waals surface area contributed by atoms with E-state index in [1.165, 1.54) is 9.80 Å². The summed E-state index contributed by atoms with van der Waals surface area (Å²) >= 11 is 5.16. The molecule has 0 rings (SSSR count). The lowest BCUT2D eigenvalue weighted by Gasteiger charge is -2.18. The molecule has 0 aromatic carbocycles. The number of rotatable bonds is 13. The van der Waals surface area contributed by atoms with E-state index >= 15 is 0 Å². The van der Waals surface area contributed by atoms with Crippen molar-refractivity contribution in [1.29, 1.82) is 0 Å². The molecular formula is C18H41ClN2O8P2. The molecule has 0 radical (unpaired) electrons. The van der Waals surface area contributed by atoms with Gasteiger partial charge in [0.15, 0.2) is 0 Å². The lowest BCUT2D eigenvalue weighted by atomic mass is 10.6. The first-order valence-electron chi connectivity index (χ1n) is 10.0. The molecule has 0 atom stereocenters. The largest absolute Gasteiger partial charge is 0.348 e. The van der Waals surface area contributed by atoms with Gasteiger partial charge in [0, 0.05) is 28.2 Å². The third kappa shape index (κ3) is 22.7. The molecule has 0 saturated heterocycles. The highest BCUT2D eigenvalue weighted by Crippen LogP contribution is 2.47. The van der Waals surface area contributed by atoms with Gasteiger partial charge < -0.3 is 32.4 Å². The standard InChI is InChI=1S/C8H18NO4P.C6H15O3P.C4H8ClNO/c1-5-12-14(11,13-6-2)7-8(10)9(3)4;1-4-7-10(8-5-2)9-6-3;1-6(2)4(7)3-5/h5-7H2,1-4H3;4-6H2,1-3H3;3H2,1-2H3. The van der Waals surface area contributed by atoms with E-state index in [2.05, 4.69) is 0 Å². The highest BCUT2D eigenvalue weighted by Gasteiger charge is 2.28. The monoisotopic (exact) mass is 510 g/mol. The van der Waals surface area contributed by atoms with Crippen LogP contribution in [0.4, 0.5) is 0 Å². The number of hydrogen-bond acceptors (Lipinski definition) is 8. The van der Waals surface area contributed by atoms with Crippen LogP contribution in [-0.2, 0) is 36.8 Å². The van der Waals surface area contributed by atoms with Gasteiger partial charge in [-0.2, -0.15) is 0 Å². The van der Waals surface area contributed by atoms with E-state index in [0.29, 0.717) is 19.8 Å². The maximum Gasteiger partial charge on any atom is 0.340 e. The smallest absolute Gasteiger partial charge is 0.340 e. The molecule has 31 heavy (non-hydrogen) atoms. The first-order chi connectivity index (χ1) is 14.5. The van der Waals surface area contributed by atoms with Crippen molar-refractivity contribution >= 4 is 39.6 Å². The summed E-state index contributed by atoms with van der Waals surface area (Å²) in [5.74, 6) is -0.232. The van der Waals surface area contributed by atoms with Crippen LogP contribution in [0.2, 0.25) is 0 Å². The van der Waals surface area contributed by atoms with Crippen LogP contribution < -0.4 is 0 Å². The second-order valence-electron chi connectivity index (χ2n) is 5.79. The number of amides is 2. The van der Waals surface area contributed by atoms with E-state index < -0.39 is 16.2 Å². The van der Waals surface area contributed by atoms with Gasteiger partial charge >= 0.3 is 16.2 Å². The van der Waals surface area contributed by atoms with Crippen molar-refractivity contribution in [2.24, 2.45) is 0 Å². The Morgan fingerprint density at radius 3 is 1.29 bits per heavy atom. The Morgan fingerprint density at radius 2 is 1.10 bits per heavy atom. The summed E-state index contributed by atoms with van der Waals surface area (Å²) in [4.78, 5) is 24.4. The number of alkyl halides is 1. The Balaban J connectivity index is -0.000000404. The predicted octanol–water partition coefficient (Wildman–Crippen LogP) is 3.98. The number of nitrogens with zero attached hydrogens (tertiary/aromatic N) is 2. The molecule has 0 aromatic heterocycles. The van der Waals surface area contributed by atoms with Crippen molar-refractivity contribution in [2.45, 2.75) is 34.6 Å². The van der Waals surface area contributed by atoms with Crippen LogP contribution in [-0.4, -0.2) is 94.9 Å². The summed E-state index contributed by atoms with van der Waals surface area (Å²) < 4.78 is 37.2. The van der Waals surface area contributed by atoms with Gasteiger partial charge in [0.1, 0.15) is 12.0 Å². The quantitative estimate of drug-likeness (QED) is 0.271. The second-order valence-corrected chi connectivity index (χ2v) is 9.33. The molecule has 0 heterocycles. The molecule has 0 N–H and O–H groups in total. The average molecular weight is 511 g/mol. The first kappa shape index (κ1) is 35.3. The fraction of sp³-hybridized carbons (Fsp3) is 0.889. The van der Waals surface area contributed by atoms with Gasteiger partial charge in [0.05, 0.1) is 33.0 Å². The maximum absolute atomic E-state index is 11.8. The zero-order valence-corrected chi connectivity index (χ0v) is 22.9. The van der Waals surface area contributed by atoms with Crippen molar-refractivity contribution in [2.75, 3.05) is 73.3 Å². The summed E-state index contributed by atoms with van der Waals surface area (Å²) in [5.41, 5.74) is 0. The lowest BCUT2D eigenvalue weighted by Crippen LogP contribution is -2.25. The number of halogens is 1. The summed E-state index contributed by atoms with van der Waals surface area (Å²) in [6.07, 6.45) is -0.193. The third-order valence-corrected chi connectivity index (χ3v) is 6.39. The zero-order chi connectivity index (χ0) is 24.9. The van der Waals surface area contributed by atoms with Crippen LogP contribution in [0.25, 0.3) is 0 Å². The minimum atomic E-state index is -3.22. The number of carbonyl (C=O) groups excluding carboxylic acids is 2. The number of carbonyl (C=O) groups is 2. The minimum absolute atomic E-state index is 0.0540. The van der Waals surface area contributed by atoms with E-state index in [1.54, 1.807) is 42.0 Å². The molecule has 13 heteroatoms. The predicted molar refractivity (Wildman–Crippen MR) is 126 cm³/mol.